The quantitative estimate of drug-likeness (QED) is 0.597. The van der Waals surface area contributed by atoms with Crippen molar-refractivity contribution in [2.24, 2.45) is 5.73 Å². The van der Waals surface area contributed by atoms with Crippen LogP contribution in [0.3, 0.4) is 0 Å². The maximum Gasteiger partial charge on any atom is 0.312 e. The van der Waals surface area contributed by atoms with Crippen LogP contribution in [0.15, 0.2) is 24.3 Å². The van der Waals surface area contributed by atoms with Gasteiger partial charge in [-0.25, -0.2) is 4.79 Å². The number of primary amides is 1. The molecule has 0 heterocycles. The van der Waals surface area contributed by atoms with Crippen molar-refractivity contribution in [2.45, 2.75) is 50.1 Å². The fourth-order valence-corrected chi connectivity index (χ4v) is 3.53. The number of benzene rings is 1. The van der Waals surface area contributed by atoms with Gasteiger partial charge in [0.15, 0.2) is 6.61 Å². The van der Waals surface area contributed by atoms with E-state index in [2.05, 4.69) is 16.7 Å². The number of carbonyl (C=O) groups excluding carboxylic acids is 3. The second kappa shape index (κ2) is 9.95. The zero-order valence-electron chi connectivity index (χ0n) is 15.4. The molecule has 0 unspecified atom stereocenters. The van der Waals surface area contributed by atoms with Crippen LogP contribution in [0.4, 0.5) is 4.79 Å². The number of nitrogens with one attached hydrogen (secondary N) is 2. The molecular weight excluding hydrogens is 384 g/mol. The fourth-order valence-electron chi connectivity index (χ4n) is 3.26. The standard InChI is InChI=1S/C19H23ClN4O4/c20-14-7-3-2-6-13(14)15(23-18(22)27)10-17(26)28-11-16(25)24-19(12-21)8-4-1-5-9-19/h2-3,6-7,15H,1,4-5,8-11H2,(H,24,25)(H3,22,23,27)/t15-/m0/s1. The third-order valence-corrected chi connectivity index (χ3v) is 4.98. The van der Waals surface area contributed by atoms with Gasteiger partial charge in [-0.05, 0) is 24.5 Å². The average molecular weight is 407 g/mol. The Kier molecular flexibility index (Phi) is 7.64. The summed E-state index contributed by atoms with van der Waals surface area (Å²) in [7, 11) is 0. The number of nitriles is 1. The molecule has 1 atom stereocenters. The Labute approximate surface area is 168 Å². The lowest BCUT2D eigenvalue weighted by atomic mass is 9.83. The van der Waals surface area contributed by atoms with Crippen molar-refractivity contribution in [3.8, 4) is 6.07 Å². The van der Waals surface area contributed by atoms with Crippen molar-refractivity contribution >= 4 is 29.5 Å². The van der Waals surface area contributed by atoms with E-state index in [1.165, 1.54) is 0 Å². The minimum atomic E-state index is -0.893. The summed E-state index contributed by atoms with van der Waals surface area (Å²) < 4.78 is 5.01. The van der Waals surface area contributed by atoms with Crippen molar-refractivity contribution in [2.75, 3.05) is 6.61 Å². The van der Waals surface area contributed by atoms with Crippen molar-refractivity contribution in [3.05, 3.63) is 34.9 Å². The average Bonchev–Trinajstić information content (AvgIpc) is 2.66. The van der Waals surface area contributed by atoms with Gasteiger partial charge in [0.1, 0.15) is 5.54 Å². The molecule has 0 aromatic heterocycles. The smallest absolute Gasteiger partial charge is 0.312 e. The van der Waals surface area contributed by atoms with Gasteiger partial charge in [0.25, 0.3) is 5.91 Å². The van der Waals surface area contributed by atoms with Crippen LogP contribution < -0.4 is 16.4 Å². The Balaban J connectivity index is 1.92. The molecule has 0 saturated heterocycles. The Hall–Kier alpha value is -2.79. The monoisotopic (exact) mass is 406 g/mol. The van der Waals surface area contributed by atoms with Gasteiger partial charge < -0.3 is 21.1 Å². The predicted molar refractivity (Wildman–Crippen MR) is 102 cm³/mol. The number of rotatable bonds is 7. The minimum absolute atomic E-state index is 0.247. The Bertz CT molecular complexity index is 771. The van der Waals surface area contributed by atoms with Crippen molar-refractivity contribution in [1.29, 1.82) is 5.26 Å². The summed E-state index contributed by atoms with van der Waals surface area (Å²) in [6.45, 7) is -0.506. The Morgan fingerprint density at radius 3 is 2.54 bits per heavy atom. The second-order valence-electron chi connectivity index (χ2n) is 6.75. The highest BCUT2D eigenvalue weighted by atomic mass is 35.5. The second-order valence-corrected chi connectivity index (χ2v) is 7.16. The number of carbonyl (C=O) groups is 3. The largest absolute Gasteiger partial charge is 0.456 e. The van der Waals surface area contributed by atoms with E-state index >= 15 is 0 Å². The van der Waals surface area contributed by atoms with Crippen LogP contribution in [0.5, 0.6) is 0 Å². The third kappa shape index (κ3) is 6.13. The first kappa shape index (κ1) is 21.5. The zero-order chi connectivity index (χ0) is 20.6. The molecule has 1 aliphatic rings. The van der Waals surface area contributed by atoms with Gasteiger partial charge >= 0.3 is 12.0 Å². The van der Waals surface area contributed by atoms with Crippen molar-refractivity contribution in [1.82, 2.24) is 10.6 Å². The van der Waals surface area contributed by atoms with Crippen LogP contribution in [0.25, 0.3) is 0 Å². The highest BCUT2D eigenvalue weighted by Crippen LogP contribution is 2.28. The van der Waals surface area contributed by atoms with Crippen molar-refractivity contribution in [3.63, 3.8) is 0 Å². The third-order valence-electron chi connectivity index (χ3n) is 4.63. The molecule has 150 valence electrons. The van der Waals surface area contributed by atoms with Gasteiger partial charge in [0.05, 0.1) is 18.5 Å². The van der Waals surface area contributed by atoms with Crippen LogP contribution in [0, 0.1) is 11.3 Å². The van der Waals surface area contributed by atoms with Crippen LogP contribution in [0.2, 0.25) is 5.02 Å². The molecule has 1 saturated carbocycles. The van der Waals surface area contributed by atoms with E-state index in [0.717, 1.165) is 19.3 Å². The Morgan fingerprint density at radius 2 is 1.93 bits per heavy atom. The van der Waals surface area contributed by atoms with E-state index in [-0.39, 0.29) is 6.42 Å². The molecule has 3 amide bonds. The topological polar surface area (TPSA) is 134 Å². The summed E-state index contributed by atoms with van der Waals surface area (Å²) in [5.74, 6) is -1.24. The first-order valence-electron chi connectivity index (χ1n) is 9.03. The van der Waals surface area contributed by atoms with E-state index in [9.17, 15) is 19.6 Å². The molecule has 8 nitrogen and oxygen atoms in total. The first-order chi connectivity index (χ1) is 13.3. The van der Waals surface area contributed by atoms with Crippen molar-refractivity contribution < 1.29 is 19.1 Å². The maximum absolute atomic E-state index is 12.2. The summed E-state index contributed by atoms with van der Waals surface area (Å²) in [6, 6.07) is 7.27. The minimum Gasteiger partial charge on any atom is -0.456 e. The summed E-state index contributed by atoms with van der Waals surface area (Å²) >= 11 is 6.11. The number of esters is 1. The normalized spacial score (nSPS) is 16.3. The lowest BCUT2D eigenvalue weighted by molar-refractivity contribution is -0.149. The van der Waals surface area contributed by atoms with Gasteiger partial charge in [-0.15, -0.1) is 0 Å². The molecule has 0 bridgehead atoms. The molecular formula is C19H23ClN4O4. The van der Waals surface area contributed by atoms with Gasteiger partial charge in [-0.1, -0.05) is 49.1 Å². The maximum atomic E-state index is 12.2. The van der Waals surface area contributed by atoms with E-state index < -0.39 is 36.1 Å². The molecule has 9 heteroatoms. The van der Waals surface area contributed by atoms with E-state index in [4.69, 9.17) is 22.1 Å². The van der Waals surface area contributed by atoms with Gasteiger partial charge in [-0.2, -0.15) is 5.26 Å². The molecule has 28 heavy (non-hydrogen) atoms. The van der Waals surface area contributed by atoms with Crippen LogP contribution in [-0.2, 0) is 14.3 Å². The molecule has 4 N–H and O–H groups in total. The van der Waals surface area contributed by atoms with E-state index in [0.29, 0.717) is 23.4 Å². The van der Waals surface area contributed by atoms with Gasteiger partial charge in [0, 0.05) is 5.02 Å². The molecule has 1 aromatic carbocycles. The zero-order valence-corrected chi connectivity index (χ0v) is 16.1. The van der Waals surface area contributed by atoms with Crippen LogP contribution in [0.1, 0.15) is 50.1 Å². The van der Waals surface area contributed by atoms with Gasteiger partial charge in [0.2, 0.25) is 0 Å². The molecule has 2 rings (SSSR count). The van der Waals surface area contributed by atoms with Gasteiger partial charge in [-0.3, -0.25) is 9.59 Å². The number of amides is 3. The lowest BCUT2D eigenvalue weighted by Crippen LogP contribution is -2.50. The lowest BCUT2D eigenvalue weighted by Gasteiger charge is -2.31. The molecule has 0 aliphatic heterocycles. The fraction of sp³-hybridized carbons (Fsp3) is 0.474. The number of nitrogens with two attached hydrogens (primary N) is 1. The number of nitrogens with zero attached hydrogens (tertiary/aromatic N) is 1. The summed E-state index contributed by atoms with van der Waals surface area (Å²) in [4.78, 5) is 35.5. The van der Waals surface area contributed by atoms with Crippen LogP contribution in [-0.4, -0.2) is 30.1 Å². The summed E-state index contributed by atoms with van der Waals surface area (Å²) in [5, 5.41) is 14.9. The SMILES string of the molecule is N#CC1(NC(=O)COC(=O)C[C@H](NC(N)=O)c2ccccc2Cl)CCCCC1. The summed E-state index contributed by atoms with van der Waals surface area (Å²) in [5.41, 5.74) is 4.79. The number of urea groups is 1. The highest BCUT2D eigenvalue weighted by molar-refractivity contribution is 6.31. The van der Waals surface area contributed by atoms with E-state index in [1.54, 1.807) is 24.3 Å². The molecule has 0 spiro atoms. The number of ether oxygens (including phenoxy) is 1. The molecule has 1 aliphatic carbocycles. The number of hydrogen-bond acceptors (Lipinski definition) is 5. The number of halogens is 1. The van der Waals surface area contributed by atoms with Crippen LogP contribution >= 0.6 is 11.6 Å². The predicted octanol–water partition coefficient (Wildman–Crippen LogP) is 2.33. The Morgan fingerprint density at radius 1 is 1.25 bits per heavy atom. The first-order valence-corrected chi connectivity index (χ1v) is 9.41. The summed E-state index contributed by atoms with van der Waals surface area (Å²) in [6.07, 6.45) is 3.69. The molecule has 0 radical (unpaired) electrons. The highest BCUT2D eigenvalue weighted by Gasteiger charge is 2.33. The number of hydrogen-bond donors (Lipinski definition) is 3. The molecule has 1 fully saturated rings. The van der Waals surface area contributed by atoms with E-state index in [1.807, 2.05) is 0 Å². The molecule has 1 aromatic rings.